The number of aromatic nitrogens is 2. The summed E-state index contributed by atoms with van der Waals surface area (Å²) < 4.78 is 31.8. The van der Waals surface area contributed by atoms with Crippen LogP contribution in [0.2, 0.25) is 0 Å². The second-order valence-electron chi connectivity index (χ2n) is 5.38. The van der Waals surface area contributed by atoms with Crippen LogP contribution in [0.3, 0.4) is 0 Å². The molecule has 2 heterocycles. The monoisotopic (exact) mass is 380 g/mol. The smallest absolute Gasteiger partial charge is 0.327 e. The summed E-state index contributed by atoms with van der Waals surface area (Å²) in [7, 11) is -3.68. The van der Waals surface area contributed by atoms with Crippen molar-refractivity contribution in [2.75, 3.05) is 32.0 Å². The van der Waals surface area contributed by atoms with E-state index in [9.17, 15) is 18.0 Å². The third-order valence-corrected chi connectivity index (χ3v) is 5.53. The Kier molecular flexibility index (Phi) is 4.97. The summed E-state index contributed by atoms with van der Waals surface area (Å²) in [5.74, 6) is -0.236. The molecule has 4 N–H and O–H groups in total. The Bertz CT molecular complexity index is 1050. The van der Waals surface area contributed by atoms with Crippen LogP contribution in [-0.4, -0.2) is 49.0 Å². The van der Waals surface area contributed by atoms with Gasteiger partial charge in [-0.15, -0.1) is 5.11 Å². The van der Waals surface area contributed by atoms with Crippen molar-refractivity contribution >= 4 is 27.2 Å². The van der Waals surface area contributed by atoms with E-state index in [4.69, 9.17) is 10.5 Å². The lowest BCUT2D eigenvalue weighted by molar-refractivity contribution is 0.0730. The summed E-state index contributed by atoms with van der Waals surface area (Å²) in [5, 5.41) is 7.55. The highest BCUT2D eigenvalue weighted by Crippen LogP contribution is 2.24. The number of hydrogen-bond donors (Lipinski definition) is 3. The van der Waals surface area contributed by atoms with Gasteiger partial charge in [0.15, 0.2) is 5.69 Å². The molecule has 0 unspecified atom stereocenters. The first-order valence-corrected chi connectivity index (χ1v) is 9.04. The molecule has 1 aliphatic rings. The van der Waals surface area contributed by atoms with Crippen LogP contribution in [0.1, 0.15) is 0 Å². The molecule has 3 rings (SSSR count). The van der Waals surface area contributed by atoms with Crippen LogP contribution in [0.15, 0.2) is 49.0 Å². The van der Waals surface area contributed by atoms with Crippen LogP contribution in [-0.2, 0) is 14.8 Å². The van der Waals surface area contributed by atoms with Gasteiger partial charge in [0.25, 0.3) is 5.56 Å². The number of morpholine rings is 1. The molecule has 0 radical (unpaired) electrons. The fraction of sp³-hybridized carbons (Fsp3) is 0.286. The van der Waals surface area contributed by atoms with Gasteiger partial charge in [0, 0.05) is 13.1 Å². The quantitative estimate of drug-likeness (QED) is 0.636. The average molecular weight is 380 g/mol. The summed E-state index contributed by atoms with van der Waals surface area (Å²) in [4.78, 5) is 27.0. The predicted molar refractivity (Wildman–Crippen MR) is 92.3 cm³/mol. The molecule has 0 amide bonds. The molecule has 0 saturated carbocycles. The van der Waals surface area contributed by atoms with Gasteiger partial charge < -0.3 is 10.5 Å². The lowest BCUT2D eigenvalue weighted by atomic mass is 10.3. The first kappa shape index (κ1) is 18.0. The number of rotatable bonds is 4. The molecular weight excluding hydrogens is 364 g/mol. The zero-order valence-electron chi connectivity index (χ0n) is 13.5. The number of anilines is 1. The van der Waals surface area contributed by atoms with E-state index in [2.05, 4.69) is 15.2 Å². The number of nitrogens with zero attached hydrogens (tertiary/aromatic N) is 3. The number of H-pyrrole nitrogens is 2. The van der Waals surface area contributed by atoms with Crippen molar-refractivity contribution in [2.24, 2.45) is 10.2 Å². The number of aromatic amines is 2. The molecule has 1 aromatic carbocycles. The topological polar surface area (TPSA) is 163 Å². The van der Waals surface area contributed by atoms with Crippen molar-refractivity contribution in [3.63, 3.8) is 0 Å². The Morgan fingerprint density at radius 2 is 1.85 bits per heavy atom. The lowest BCUT2D eigenvalue weighted by Crippen LogP contribution is -2.40. The van der Waals surface area contributed by atoms with E-state index in [0.29, 0.717) is 13.2 Å². The van der Waals surface area contributed by atoms with Crippen molar-refractivity contribution in [1.82, 2.24) is 14.3 Å². The van der Waals surface area contributed by atoms with E-state index in [1.54, 1.807) is 0 Å². The van der Waals surface area contributed by atoms with Crippen LogP contribution in [0.25, 0.3) is 0 Å². The van der Waals surface area contributed by atoms with E-state index >= 15 is 0 Å². The highest BCUT2D eigenvalue weighted by Gasteiger charge is 2.26. The number of ether oxygens (including phenoxy) is 1. The summed E-state index contributed by atoms with van der Waals surface area (Å²) in [6.07, 6.45) is 0. The zero-order chi connectivity index (χ0) is 18.7. The third kappa shape index (κ3) is 3.71. The maximum absolute atomic E-state index is 12.6. The summed E-state index contributed by atoms with van der Waals surface area (Å²) in [6.45, 7) is 1.23. The molecule has 0 aliphatic carbocycles. The number of nitrogens with two attached hydrogens (primary N) is 1. The Hall–Kier alpha value is -2.83. The molecule has 1 aliphatic heterocycles. The van der Waals surface area contributed by atoms with Gasteiger partial charge in [-0.25, -0.2) is 13.2 Å². The van der Waals surface area contributed by atoms with Crippen molar-refractivity contribution < 1.29 is 13.2 Å². The van der Waals surface area contributed by atoms with Gasteiger partial charge in [0.05, 0.1) is 23.8 Å². The van der Waals surface area contributed by atoms with Gasteiger partial charge in [-0.05, 0) is 18.2 Å². The molecule has 11 nitrogen and oxygen atoms in total. The molecule has 0 bridgehead atoms. The van der Waals surface area contributed by atoms with Gasteiger partial charge in [0.2, 0.25) is 10.0 Å². The zero-order valence-corrected chi connectivity index (χ0v) is 14.3. The van der Waals surface area contributed by atoms with E-state index in [-0.39, 0.29) is 35.2 Å². The van der Waals surface area contributed by atoms with E-state index in [0.717, 1.165) is 0 Å². The van der Waals surface area contributed by atoms with Crippen molar-refractivity contribution in [2.45, 2.75) is 4.90 Å². The highest BCUT2D eigenvalue weighted by molar-refractivity contribution is 7.89. The van der Waals surface area contributed by atoms with E-state index in [1.165, 1.54) is 28.6 Å². The van der Waals surface area contributed by atoms with Crippen molar-refractivity contribution in [1.29, 1.82) is 0 Å². The van der Waals surface area contributed by atoms with Crippen LogP contribution >= 0.6 is 0 Å². The van der Waals surface area contributed by atoms with Gasteiger partial charge in [0.1, 0.15) is 5.82 Å². The Morgan fingerprint density at radius 3 is 2.54 bits per heavy atom. The van der Waals surface area contributed by atoms with Gasteiger partial charge in [-0.1, -0.05) is 6.07 Å². The second kappa shape index (κ2) is 7.19. The molecule has 1 aromatic heterocycles. The van der Waals surface area contributed by atoms with Crippen molar-refractivity contribution in [3.05, 3.63) is 45.1 Å². The predicted octanol–water partition coefficient (Wildman–Crippen LogP) is 0.0817. The number of azo groups is 1. The number of nitrogen functional groups attached to an aromatic ring is 1. The number of hydrogen-bond acceptors (Lipinski definition) is 8. The summed E-state index contributed by atoms with van der Waals surface area (Å²) in [6, 6.07) is 5.83. The molecule has 138 valence electrons. The average Bonchev–Trinajstić information content (AvgIpc) is 2.62. The minimum absolute atomic E-state index is 0.0548. The molecule has 2 aromatic rings. The fourth-order valence-corrected chi connectivity index (χ4v) is 3.79. The SMILES string of the molecule is Nc1[nH]c(=O)[nH]c(=O)c1N=Nc1cccc(S(=O)(=O)N2CCOCC2)c1. The minimum Gasteiger partial charge on any atom is -0.383 e. The summed E-state index contributed by atoms with van der Waals surface area (Å²) >= 11 is 0. The first-order valence-electron chi connectivity index (χ1n) is 7.60. The van der Waals surface area contributed by atoms with E-state index < -0.39 is 21.3 Å². The van der Waals surface area contributed by atoms with Gasteiger partial charge >= 0.3 is 5.69 Å². The summed E-state index contributed by atoms with van der Waals surface area (Å²) in [5.41, 5.74) is 3.92. The fourth-order valence-electron chi connectivity index (χ4n) is 2.35. The molecule has 0 spiro atoms. The largest absolute Gasteiger partial charge is 0.383 e. The number of sulfonamides is 1. The Morgan fingerprint density at radius 1 is 1.12 bits per heavy atom. The second-order valence-corrected chi connectivity index (χ2v) is 7.32. The number of benzene rings is 1. The third-order valence-electron chi connectivity index (χ3n) is 3.64. The molecule has 26 heavy (non-hydrogen) atoms. The standard InChI is InChI=1S/C14H16N6O5S/c15-12-11(13(21)17-14(22)16-12)19-18-9-2-1-3-10(8-9)26(23,24)20-4-6-25-7-5-20/h1-3,8H,4-7H2,(H4,15,16,17,21,22). The molecule has 12 heteroatoms. The minimum atomic E-state index is -3.68. The Balaban J connectivity index is 1.91. The Labute approximate surface area is 147 Å². The van der Waals surface area contributed by atoms with Gasteiger partial charge in [-0.3, -0.25) is 14.8 Å². The van der Waals surface area contributed by atoms with Crippen LogP contribution in [0, 0.1) is 0 Å². The van der Waals surface area contributed by atoms with E-state index in [1.807, 2.05) is 4.98 Å². The van der Waals surface area contributed by atoms with Crippen LogP contribution in [0.4, 0.5) is 17.2 Å². The first-order chi connectivity index (χ1) is 12.4. The molecule has 1 fully saturated rings. The van der Waals surface area contributed by atoms with Crippen molar-refractivity contribution in [3.8, 4) is 0 Å². The molecular formula is C14H16N6O5S. The van der Waals surface area contributed by atoms with Gasteiger partial charge in [-0.2, -0.15) is 9.42 Å². The lowest BCUT2D eigenvalue weighted by Gasteiger charge is -2.26. The normalized spacial score (nSPS) is 16.2. The van der Waals surface area contributed by atoms with Crippen LogP contribution in [0.5, 0.6) is 0 Å². The highest BCUT2D eigenvalue weighted by atomic mass is 32.2. The van der Waals surface area contributed by atoms with Crippen LogP contribution < -0.4 is 17.0 Å². The molecule has 1 saturated heterocycles. The molecule has 0 atom stereocenters. The maximum Gasteiger partial charge on any atom is 0.327 e. The maximum atomic E-state index is 12.6. The number of nitrogens with one attached hydrogen (secondary N) is 2.